The van der Waals surface area contributed by atoms with Gasteiger partial charge in [0.1, 0.15) is 6.61 Å². The van der Waals surface area contributed by atoms with Gasteiger partial charge in [-0.2, -0.15) is 4.39 Å². The van der Waals surface area contributed by atoms with Gasteiger partial charge in [-0.1, -0.05) is 13.8 Å². The predicted octanol–water partition coefficient (Wildman–Crippen LogP) is 1.53. The number of aromatic nitrogens is 1. The molecule has 1 N–H and O–H groups in total. The highest BCUT2D eigenvalue weighted by Crippen LogP contribution is 2.12. The van der Waals surface area contributed by atoms with Crippen molar-refractivity contribution in [3.63, 3.8) is 0 Å². The highest BCUT2D eigenvalue weighted by Gasteiger charge is 2.05. The van der Waals surface area contributed by atoms with Crippen LogP contribution >= 0.6 is 0 Å². The van der Waals surface area contributed by atoms with E-state index in [1.165, 1.54) is 6.20 Å². The van der Waals surface area contributed by atoms with Gasteiger partial charge in [0.15, 0.2) is 5.75 Å². The van der Waals surface area contributed by atoms with Crippen LogP contribution in [0.15, 0.2) is 18.3 Å². The van der Waals surface area contributed by atoms with Crippen molar-refractivity contribution in [3.8, 4) is 5.75 Å². The van der Waals surface area contributed by atoms with Crippen molar-refractivity contribution < 1.29 is 9.13 Å². The van der Waals surface area contributed by atoms with Gasteiger partial charge in [0.25, 0.3) is 5.95 Å². The lowest BCUT2D eigenvalue weighted by atomic mass is 10.4. The molecule has 5 heteroatoms. The zero-order chi connectivity index (χ0) is 13.2. The Morgan fingerprint density at radius 2 is 2.22 bits per heavy atom. The molecule has 0 radical (unpaired) electrons. The first-order valence-electron chi connectivity index (χ1n) is 6.44. The largest absolute Gasteiger partial charge is 0.487 e. The smallest absolute Gasteiger partial charge is 0.255 e. The van der Waals surface area contributed by atoms with Crippen LogP contribution in [0.3, 0.4) is 0 Å². The van der Waals surface area contributed by atoms with E-state index in [1.54, 1.807) is 12.1 Å². The van der Waals surface area contributed by atoms with Crippen LogP contribution < -0.4 is 10.1 Å². The van der Waals surface area contributed by atoms with Gasteiger partial charge in [-0.05, 0) is 25.2 Å². The summed E-state index contributed by atoms with van der Waals surface area (Å²) < 4.78 is 18.6. The Labute approximate surface area is 108 Å². The van der Waals surface area contributed by atoms with Crippen molar-refractivity contribution in [2.45, 2.75) is 13.8 Å². The molecule has 102 valence electrons. The molecule has 1 aromatic rings. The average molecular weight is 255 g/mol. The molecule has 0 unspecified atom stereocenters. The van der Waals surface area contributed by atoms with Gasteiger partial charge in [-0.15, -0.1) is 0 Å². The minimum Gasteiger partial charge on any atom is -0.487 e. The van der Waals surface area contributed by atoms with E-state index in [1.807, 2.05) is 0 Å². The highest BCUT2D eigenvalue weighted by molar-refractivity contribution is 5.17. The van der Waals surface area contributed by atoms with Crippen molar-refractivity contribution >= 4 is 0 Å². The van der Waals surface area contributed by atoms with Crippen molar-refractivity contribution in [1.29, 1.82) is 0 Å². The third-order valence-corrected chi connectivity index (χ3v) is 2.69. The molecule has 0 amide bonds. The number of nitrogens with one attached hydrogen (secondary N) is 1. The Bertz CT molecular complexity index is 336. The summed E-state index contributed by atoms with van der Waals surface area (Å²) in [4.78, 5) is 5.80. The van der Waals surface area contributed by atoms with Gasteiger partial charge in [0, 0.05) is 25.8 Å². The van der Waals surface area contributed by atoms with Crippen LogP contribution in [0, 0.1) is 5.95 Å². The number of pyridine rings is 1. The monoisotopic (exact) mass is 255 g/mol. The Morgan fingerprint density at radius 3 is 2.89 bits per heavy atom. The molecule has 1 heterocycles. The predicted molar refractivity (Wildman–Crippen MR) is 70.3 cm³/mol. The highest BCUT2D eigenvalue weighted by atomic mass is 19.1. The lowest BCUT2D eigenvalue weighted by molar-refractivity contribution is 0.210. The zero-order valence-electron chi connectivity index (χ0n) is 11.2. The fourth-order valence-corrected chi connectivity index (χ4v) is 1.61. The molecule has 0 bridgehead atoms. The minimum atomic E-state index is -0.548. The van der Waals surface area contributed by atoms with E-state index in [0.717, 1.165) is 32.7 Å². The van der Waals surface area contributed by atoms with E-state index in [2.05, 4.69) is 29.0 Å². The van der Waals surface area contributed by atoms with E-state index in [-0.39, 0.29) is 5.75 Å². The van der Waals surface area contributed by atoms with Crippen LogP contribution in [0.5, 0.6) is 5.75 Å². The van der Waals surface area contributed by atoms with E-state index >= 15 is 0 Å². The number of rotatable bonds is 9. The number of nitrogens with zero attached hydrogens (tertiary/aromatic N) is 2. The Kier molecular flexibility index (Phi) is 7.29. The summed E-state index contributed by atoms with van der Waals surface area (Å²) in [6, 6.07) is 3.26. The van der Waals surface area contributed by atoms with Crippen molar-refractivity contribution in [3.05, 3.63) is 24.3 Å². The number of likely N-dealkylation sites (N-methyl/N-ethyl adjacent to an activating group) is 2. The first-order valence-corrected chi connectivity index (χ1v) is 6.44. The summed E-state index contributed by atoms with van der Waals surface area (Å²) in [5.74, 6) is -0.326. The lowest BCUT2D eigenvalue weighted by Gasteiger charge is -2.20. The van der Waals surface area contributed by atoms with Crippen molar-refractivity contribution in [1.82, 2.24) is 15.2 Å². The molecule has 0 aliphatic carbocycles. The first-order chi connectivity index (χ1) is 8.77. The molecular formula is C13H22FN3O. The molecule has 1 rings (SSSR count). The number of hydrogen-bond acceptors (Lipinski definition) is 4. The Balaban J connectivity index is 2.24. The summed E-state index contributed by atoms with van der Waals surface area (Å²) in [7, 11) is 0. The van der Waals surface area contributed by atoms with Gasteiger partial charge < -0.3 is 10.1 Å². The summed E-state index contributed by atoms with van der Waals surface area (Å²) in [6.45, 7) is 9.34. The third kappa shape index (κ3) is 5.42. The maximum atomic E-state index is 13.2. The molecule has 0 aromatic carbocycles. The molecule has 0 aliphatic heterocycles. The van der Waals surface area contributed by atoms with E-state index in [4.69, 9.17) is 4.74 Å². The fourth-order valence-electron chi connectivity index (χ4n) is 1.61. The van der Waals surface area contributed by atoms with Crippen LogP contribution in [-0.4, -0.2) is 49.2 Å². The first kappa shape index (κ1) is 14.9. The number of hydrogen-bond donors (Lipinski definition) is 1. The maximum Gasteiger partial charge on any atom is 0.255 e. The van der Waals surface area contributed by atoms with Gasteiger partial charge in [0.05, 0.1) is 0 Å². The molecule has 4 nitrogen and oxygen atoms in total. The Hall–Kier alpha value is -1.20. The standard InChI is InChI=1S/C13H22FN3O/c1-3-15-8-9-17(4-2)10-11-18-12-6-5-7-16-13(12)14/h5-7,15H,3-4,8-11H2,1-2H3. The SMILES string of the molecule is CCNCCN(CC)CCOc1cccnc1F. The molecule has 1 aromatic heterocycles. The van der Waals surface area contributed by atoms with E-state index < -0.39 is 5.95 Å². The second-order valence-corrected chi connectivity index (χ2v) is 3.93. The molecule has 0 fully saturated rings. The summed E-state index contributed by atoms with van der Waals surface area (Å²) >= 11 is 0. The Morgan fingerprint density at radius 1 is 1.39 bits per heavy atom. The van der Waals surface area contributed by atoms with Crippen LogP contribution in [0.25, 0.3) is 0 Å². The minimum absolute atomic E-state index is 0.222. The summed E-state index contributed by atoms with van der Waals surface area (Å²) in [5, 5.41) is 3.28. The van der Waals surface area contributed by atoms with Crippen LogP contribution in [0.1, 0.15) is 13.8 Å². The molecule has 0 atom stereocenters. The van der Waals surface area contributed by atoms with Gasteiger partial charge in [0.2, 0.25) is 0 Å². The van der Waals surface area contributed by atoms with Gasteiger partial charge in [-0.3, -0.25) is 4.90 Å². The third-order valence-electron chi connectivity index (χ3n) is 2.69. The van der Waals surface area contributed by atoms with E-state index in [0.29, 0.717) is 6.61 Å². The van der Waals surface area contributed by atoms with Crippen LogP contribution in [0.2, 0.25) is 0 Å². The zero-order valence-corrected chi connectivity index (χ0v) is 11.2. The number of ether oxygens (including phenoxy) is 1. The van der Waals surface area contributed by atoms with Gasteiger partial charge in [-0.25, -0.2) is 4.98 Å². The van der Waals surface area contributed by atoms with Gasteiger partial charge >= 0.3 is 0 Å². The summed E-state index contributed by atoms with van der Waals surface area (Å²) in [6.07, 6.45) is 1.41. The molecule has 0 saturated carbocycles. The summed E-state index contributed by atoms with van der Waals surface area (Å²) in [5.41, 5.74) is 0. The van der Waals surface area contributed by atoms with Crippen LogP contribution in [0.4, 0.5) is 4.39 Å². The fraction of sp³-hybridized carbons (Fsp3) is 0.615. The molecular weight excluding hydrogens is 233 g/mol. The van der Waals surface area contributed by atoms with Crippen LogP contribution in [-0.2, 0) is 0 Å². The lowest BCUT2D eigenvalue weighted by Crippen LogP contribution is -2.34. The van der Waals surface area contributed by atoms with Crippen molar-refractivity contribution in [2.24, 2.45) is 0 Å². The maximum absolute atomic E-state index is 13.2. The number of halogens is 1. The van der Waals surface area contributed by atoms with E-state index in [9.17, 15) is 4.39 Å². The molecule has 0 saturated heterocycles. The van der Waals surface area contributed by atoms with Crippen molar-refractivity contribution in [2.75, 3.05) is 39.3 Å². The second-order valence-electron chi connectivity index (χ2n) is 3.93. The second kappa shape index (κ2) is 8.83. The molecule has 0 spiro atoms. The quantitative estimate of drug-likeness (QED) is 0.536. The molecule has 18 heavy (non-hydrogen) atoms. The molecule has 0 aliphatic rings. The normalized spacial score (nSPS) is 10.9. The topological polar surface area (TPSA) is 37.4 Å². The average Bonchev–Trinajstić information content (AvgIpc) is 2.39.